The van der Waals surface area contributed by atoms with Crippen LogP contribution in [-0.2, 0) is 16.0 Å². The topological polar surface area (TPSA) is 65.2 Å². The second-order valence-electron chi connectivity index (χ2n) is 2.92. The van der Waals surface area contributed by atoms with E-state index in [-0.39, 0.29) is 12.0 Å². The number of ether oxygens (including phenoxy) is 1. The van der Waals surface area contributed by atoms with Crippen molar-refractivity contribution >= 4 is 5.97 Å². The molecule has 1 heterocycles. The van der Waals surface area contributed by atoms with E-state index in [9.17, 15) is 13.6 Å². The van der Waals surface area contributed by atoms with Crippen LogP contribution in [0.4, 0.5) is 8.78 Å². The number of carbonyl (C=O) groups excluding carboxylic acids is 1. The molecule has 0 aliphatic rings. The van der Waals surface area contributed by atoms with Crippen molar-refractivity contribution < 1.29 is 18.3 Å². The summed E-state index contributed by atoms with van der Waals surface area (Å²) < 4.78 is 29.8. The monoisotopic (exact) mass is 216 g/mol. The van der Waals surface area contributed by atoms with Crippen LogP contribution in [0.2, 0.25) is 0 Å². The molecule has 1 rings (SSSR count). The second-order valence-corrected chi connectivity index (χ2v) is 2.92. The molecule has 1 atom stereocenters. The Morgan fingerprint density at radius 1 is 1.60 bits per heavy atom. The summed E-state index contributed by atoms with van der Waals surface area (Å²) >= 11 is 0. The summed E-state index contributed by atoms with van der Waals surface area (Å²) in [6.45, 7) is 0. The molecule has 0 bridgehead atoms. The highest BCUT2D eigenvalue weighted by atomic mass is 19.1. The third-order valence-corrected chi connectivity index (χ3v) is 1.84. The molecule has 0 aromatic carbocycles. The van der Waals surface area contributed by atoms with Crippen molar-refractivity contribution in [3.63, 3.8) is 0 Å². The highest BCUT2D eigenvalue weighted by Gasteiger charge is 2.17. The summed E-state index contributed by atoms with van der Waals surface area (Å²) in [6, 6.07) is 1.22. The Kier molecular flexibility index (Phi) is 3.68. The molecule has 0 radical (unpaired) electrons. The summed E-state index contributed by atoms with van der Waals surface area (Å²) in [5.74, 6) is -2.53. The Balaban J connectivity index is 2.76. The maximum Gasteiger partial charge on any atom is 0.322 e. The molecular formula is C9H10F2N2O2. The molecular weight excluding hydrogens is 206 g/mol. The number of aromatic nitrogens is 1. The number of hydrogen-bond donors (Lipinski definition) is 1. The minimum absolute atomic E-state index is 0.0776. The average molecular weight is 216 g/mol. The lowest BCUT2D eigenvalue weighted by Gasteiger charge is -2.09. The number of hydrogen-bond acceptors (Lipinski definition) is 4. The number of nitrogens with two attached hydrogens (primary N) is 1. The zero-order valence-corrected chi connectivity index (χ0v) is 8.04. The van der Waals surface area contributed by atoms with Crippen LogP contribution >= 0.6 is 0 Å². The molecule has 0 aliphatic heterocycles. The number of nitrogens with zero attached hydrogens (tertiary/aromatic N) is 1. The average Bonchev–Trinajstić information content (AvgIpc) is 2.20. The number of pyridine rings is 1. The van der Waals surface area contributed by atoms with Gasteiger partial charge in [-0.1, -0.05) is 0 Å². The van der Waals surface area contributed by atoms with Gasteiger partial charge in [-0.3, -0.25) is 4.79 Å². The maximum absolute atomic E-state index is 13.0. The van der Waals surface area contributed by atoms with Gasteiger partial charge in [-0.2, -0.15) is 13.8 Å². The van der Waals surface area contributed by atoms with Crippen molar-refractivity contribution in [2.24, 2.45) is 5.73 Å². The van der Waals surface area contributed by atoms with Gasteiger partial charge in [-0.15, -0.1) is 0 Å². The lowest BCUT2D eigenvalue weighted by atomic mass is 10.1. The van der Waals surface area contributed by atoms with E-state index in [2.05, 4.69) is 9.72 Å². The van der Waals surface area contributed by atoms with Gasteiger partial charge in [-0.25, -0.2) is 0 Å². The minimum atomic E-state index is -0.975. The maximum atomic E-state index is 13.0. The van der Waals surface area contributed by atoms with Crippen molar-refractivity contribution in [3.8, 4) is 0 Å². The van der Waals surface area contributed by atoms with Crippen LogP contribution in [0.3, 0.4) is 0 Å². The third-order valence-electron chi connectivity index (χ3n) is 1.84. The van der Waals surface area contributed by atoms with Crippen LogP contribution in [0, 0.1) is 11.9 Å². The number of halogens is 2. The quantitative estimate of drug-likeness (QED) is 0.586. The molecule has 0 fully saturated rings. The van der Waals surface area contributed by atoms with E-state index in [4.69, 9.17) is 5.73 Å². The van der Waals surface area contributed by atoms with E-state index in [0.717, 1.165) is 6.07 Å². The molecule has 0 unspecified atom stereocenters. The first-order valence-corrected chi connectivity index (χ1v) is 4.19. The van der Waals surface area contributed by atoms with Crippen LogP contribution in [0.25, 0.3) is 0 Å². The summed E-state index contributed by atoms with van der Waals surface area (Å²) in [4.78, 5) is 13.9. The SMILES string of the molecule is COC(=O)[C@H](N)Cc1ccc(F)nc1F. The van der Waals surface area contributed by atoms with Gasteiger partial charge in [-0.05, 0) is 12.1 Å². The number of methoxy groups -OCH3 is 1. The van der Waals surface area contributed by atoms with E-state index < -0.39 is 23.9 Å². The summed E-state index contributed by atoms with van der Waals surface area (Å²) in [5, 5.41) is 0. The Bertz CT molecular complexity index is 371. The zero-order valence-electron chi connectivity index (χ0n) is 8.04. The smallest absolute Gasteiger partial charge is 0.322 e. The normalized spacial score (nSPS) is 12.3. The molecule has 1 aromatic rings. The van der Waals surface area contributed by atoms with Gasteiger partial charge < -0.3 is 10.5 Å². The standard InChI is InChI=1S/C9H10F2N2O2/c1-15-9(14)6(12)4-5-2-3-7(10)13-8(5)11/h2-3,6H,4,12H2,1H3/t6-/m1/s1. The predicted molar refractivity (Wildman–Crippen MR) is 47.8 cm³/mol. The van der Waals surface area contributed by atoms with Gasteiger partial charge in [0, 0.05) is 12.0 Å². The number of carbonyl (C=O) groups is 1. The highest BCUT2D eigenvalue weighted by molar-refractivity contribution is 5.75. The molecule has 82 valence electrons. The molecule has 6 heteroatoms. The number of rotatable bonds is 3. The first-order valence-electron chi connectivity index (χ1n) is 4.19. The van der Waals surface area contributed by atoms with Crippen molar-refractivity contribution in [2.75, 3.05) is 7.11 Å². The molecule has 1 aromatic heterocycles. The minimum Gasteiger partial charge on any atom is -0.468 e. The van der Waals surface area contributed by atoms with Crippen LogP contribution in [0.15, 0.2) is 12.1 Å². The predicted octanol–water partition coefficient (Wildman–Crippen LogP) is 0.403. The van der Waals surface area contributed by atoms with Gasteiger partial charge in [0.15, 0.2) is 0 Å². The first kappa shape index (κ1) is 11.5. The van der Waals surface area contributed by atoms with Gasteiger partial charge in [0.1, 0.15) is 6.04 Å². The van der Waals surface area contributed by atoms with Crippen molar-refractivity contribution in [1.82, 2.24) is 4.98 Å². The van der Waals surface area contributed by atoms with Crippen molar-refractivity contribution in [3.05, 3.63) is 29.6 Å². The van der Waals surface area contributed by atoms with Crippen molar-refractivity contribution in [1.29, 1.82) is 0 Å². The van der Waals surface area contributed by atoms with Gasteiger partial charge in [0.25, 0.3) is 0 Å². The lowest BCUT2D eigenvalue weighted by Crippen LogP contribution is -2.34. The Morgan fingerprint density at radius 2 is 2.27 bits per heavy atom. The number of esters is 1. The van der Waals surface area contributed by atoms with E-state index in [1.807, 2.05) is 0 Å². The molecule has 0 saturated heterocycles. The molecule has 0 aliphatic carbocycles. The fraction of sp³-hybridized carbons (Fsp3) is 0.333. The fourth-order valence-corrected chi connectivity index (χ4v) is 1.06. The second kappa shape index (κ2) is 4.79. The Hall–Kier alpha value is -1.56. The largest absolute Gasteiger partial charge is 0.468 e. The van der Waals surface area contributed by atoms with Crippen LogP contribution in [-0.4, -0.2) is 24.1 Å². The molecule has 2 N–H and O–H groups in total. The van der Waals surface area contributed by atoms with Gasteiger partial charge in [0.2, 0.25) is 11.9 Å². The molecule has 0 spiro atoms. The zero-order chi connectivity index (χ0) is 11.4. The first-order chi connectivity index (χ1) is 7.04. The Morgan fingerprint density at radius 3 is 2.80 bits per heavy atom. The van der Waals surface area contributed by atoms with Crippen LogP contribution in [0.1, 0.15) is 5.56 Å². The van der Waals surface area contributed by atoms with E-state index in [1.165, 1.54) is 13.2 Å². The third kappa shape index (κ3) is 2.95. The van der Waals surface area contributed by atoms with Crippen LogP contribution < -0.4 is 5.73 Å². The highest BCUT2D eigenvalue weighted by Crippen LogP contribution is 2.08. The Labute approximate surface area is 85.1 Å². The fourth-order valence-electron chi connectivity index (χ4n) is 1.06. The van der Waals surface area contributed by atoms with Gasteiger partial charge >= 0.3 is 5.97 Å². The van der Waals surface area contributed by atoms with E-state index >= 15 is 0 Å². The van der Waals surface area contributed by atoms with Gasteiger partial charge in [0.05, 0.1) is 7.11 Å². The summed E-state index contributed by atoms with van der Waals surface area (Å²) in [7, 11) is 1.18. The van der Waals surface area contributed by atoms with E-state index in [1.54, 1.807) is 0 Å². The molecule has 0 amide bonds. The lowest BCUT2D eigenvalue weighted by molar-refractivity contribution is -0.142. The summed E-state index contributed by atoms with van der Waals surface area (Å²) in [5.41, 5.74) is 5.48. The molecule has 0 saturated carbocycles. The van der Waals surface area contributed by atoms with Crippen LogP contribution in [0.5, 0.6) is 0 Å². The molecule has 4 nitrogen and oxygen atoms in total. The molecule has 15 heavy (non-hydrogen) atoms. The summed E-state index contributed by atoms with van der Waals surface area (Å²) in [6.07, 6.45) is -0.0776. The van der Waals surface area contributed by atoms with E-state index in [0.29, 0.717) is 0 Å². The van der Waals surface area contributed by atoms with Crippen molar-refractivity contribution in [2.45, 2.75) is 12.5 Å².